The van der Waals surface area contributed by atoms with Gasteiger partial charge in [-0.3, -0.25) is 0 Å². The van der Waals surface area contributed by atoms with E-state index in [0.29, 0.717) is 6.07 Å². The van der Waals surface area contributed by atoms with Gasteiger partial charge in [-0.15, -0.1) is 13.2 Å². The number of hydrogen-bond acceptors (Lipinski definition) is 4. The van der Waals surface area contributed by atoms with E-state index in [0.717, 1.165) is 0 Å². The maximum atomic E-state index is 13.2. The van der Waals surface area contributed by atoms with Gasteiger partial charge in [0.2, 0.25) is 10.9 Å². The van der Waals surface area contributed by atoms with Gasteiger partial charge in [0.05, 0.1) is 4.47 Å². The lowest BCUT2D eigenvalue weighted by molar-refractivity contribution is -0.276. The van der Waals surface area contributed by atoms with E-state index in [2.05, 4.69) is 25.7 Å². The predicted molar refractivity (Wildman–Crippen MR) is 51.6 cm³/mol. The summed E-state index contributed by atoms with van der Waals surface area (Å²) in [4.78, 5) is 2.82. The number of ether oxygens (including phenoxy) is 1. The van der Waals surface area contributed by atoms with Crippen LogP contribution in [0.5, 0.6) is 5.88 Å². The number of rotatable bonds is 2. The van der Waals surface area contributed by atoms with E-state index >= 15 is 0 Å². The molecule has 0 atom stereocenters. The molecule has 0 radical (unpaired) electrons. The van der Waals surface area contributed by atoms with E-state index in [1.165, 1.54) is 0 Å². The van der Waals surface area contributed by atoms with E-state index in [1.54, 1.807) is 0 Å². The topological polar surface area (TPSA) is 56.3 Å². The molecule has 4 nitrogen and oxygen atoms in total. The number of alkyl halides is 3. The van der Waals surface area contributed by atoms with Crippen molar-refractivity contribution in [2.75, 3.05) is 0 Å². The van der Waals surface area contributed by atoms with Crippen LogP contribution < -0.4 is 4.74 Å². The minimum Gasteiger partial charge on any atom is -0.388 e. The van der Waals surface area contributed by atoms with Gasteiger partial charge in [0, 0.05) is 16.7 Å². The first-order valence-electron chi connectivity index (χ1n) is 3.57. The molecule has 17 heavy (non-hydrogen) atoms. The maximum absolute atomic E-state index is 13.2. The van der Waals surface area contributed by atoms with Crippen molar-refractivity contribution in [3.63, 3.8) is 0 Å². The summed E-state index contributed by atoms with van der Waals surface area (Å²) in [5, 5.41) is -1.35. The maximum Gasteiger partial charge on any atom is 0.574 e. The summed E-state index contributed by atoms with van der Waals surface area (Å²) in [5.74, 6) is -2.56. The highest BCUT2D eigenvalue weighted by molar-refractivity contribution is 9.10. The molecule has 0 bridgehead atoms. The molecule has 0 saturated carbocycles. The van der Waals surface area contributed by atoms with E-state index < -0.39 is 36.6 Å². The summed E-state index contributed by atoms with van der Waals surface area (Å²) in [6, 6.07) is 0.522. The second kappa shape index (κ2) is 4.58. The number of hydrogen-bond donors (Lipinski definition) is 0. The van der Waals surface area contributed by atoms with E-state index in [4.69, 9.17) is 10.7 Å². The van der Waals surface area contributed by atoms with Crippen LogP contribution in [-0.2, 0) is 9.05 Å². The lowest BCUT2D eigenvalue weighted by Gasteiger charge is -2.09. The van der Waals surface area contributed by atoms with Crippen molar-refractivity contribution < 1.29 is 30.7 Å². The van der Waals surface area contributed by atoms with E-state index in [1.807, 2.05) is 0 Å². The SMILES string of the molecule is O=S(=O)(Cl)c1nc(OC(F)(F)F)cc(Br)c1F. The van der Waals surface area contributed by atoms with Gasteiger partial charge >= 0.3 is 6.36 Å². The molecule has 0 unspecified atom stereocenters. The summed E-state index contributed by atoms with van der Waals surface area (Å²) in [6.45, 7) is 0. The molecule has 0 saturated heterocycles. The van der Waals surface area contributed by atoms with Crippen LogP contribution in [-0.4, -0.2) is 19.8 Å². The average molecular weight is 358 g/mol. The molecule has 0 amide bonds. The van der Waals surface area contributed by atoms with Crippen LogP contribution in [0.25, 0.3) is 0 Å². The molecule has 96 valence electrons. The summed E-state index contributed by atoms with van der Waals surface area (Å²) < 4.78 is 73.2. The Hall–Kier alpha value is -0.610. The first-order chi connectivity index (χ1) is 7.50. The van der Waals surface area contributed by atoms with Crippen LogP contribution in [0.4, 0.5) is 17.6 Å². The van der Waals surface area contributed by atoms with Gasteiger partial charge in [-0.1, -0.05) is 0 Å². The third kappa shape index (κ3) is 3.96. The molecular formula is C6HBrClF4NO3S. The Morgan fingerprint density at radius 2 is 1.94 bits per heavy atom. The minimum atomic E-state index is -5.09. The Kier molecular flexibility index (Phi) is 3.89. The lowest BCUT2D eigenvalue weighted by atomic mass is 10.5. The van der Waals surface area contributed by atoms with Crippen molar-refractivity contribution >= 4 is 35.7 Å². The molecule has 0 aliphatic carbocycles. The standard InChI is InChI=1S/C6HBrClF4NO3S/c7-2-1-3(16-6(10,11)12)13-5(4(2)9)17(8,14)15/h1H. The van der Waals surface area contributed by atoms with Crippen molar-refractivity contribution in [1.29, 1.82) is 0 Å². The predicted octanol–water partition coefficient (Wildman–Crippen LogP) is 2.81. The Bertz CT molecular complexity index is 547. The highest BCUT2D eigenvalue weighted by Gasteiger charge is 2.33. The summed E-state index contributed by atoms with van der Waals surface area (Å²) in [6.07, 6.45) is -5.09. The Balaban J connectivity index is 3.35. The Labute approximate surface area is 105 Å². The van der Waals surface area contributed by atoms with Crippen LogP contribution in [0.2, 0.25) is 0 Å². The normalized spacial score (nSPS) is 12.6. The fourth-order valence-corrected chi connectivity index (χ4v) is 2.13. The van der Waals surface area contributed by atoms with Gasteiger partial charge in [-0.2, -0.15) is 4.98 Å². The molecule has 1 heterocycles. The van der Waals surface area contributed by atoms with Crippen LogP contribution in [0.3, 0.4) is 0 Å². The highest BCUT2D eigenvalue weighted by atomic mass is 79.9. The van der Waals surface area contributed by atoms with Gasteiger partial charge < -0.3 is 4.74 Å². The van der Waals surface area contributed by atoms with Crippen LogP contribution in [0, 0.1) is 5.82 Å². The van der Waals surface area contributed by atoms with Gasteiger partial charge in [0.1, 0.15) is 0 Å². The zero-order valence-corrected chi connectivity index (χ0v) is 10.6. The smallest absolute Gasteiger partial charge is 0.388 e. The summed E-state index contributed by atoms with van der Waals surface area (Å²) in [5.41, 5.74) is 0. The molecule has 0 N–H and O–H groups in total. The molecule has 0 aromatic carbocycles. The zero-order valence-electron chi connectivity index (χ0n) is 7.43. The quantitative estimate of drug-likeness (QED) is 0.603. The van der Waals surface area contributed by atoms with Crippen molar-refractivity contribution in [1.82, 2.24) is 4.98 Å². The minimum absolute atomic E-state index is 0.522. The molecule has 0 spiro atoms. The zero-order chi connectivity index (χ0) is 13.4. The second-order valence-electron chi connectivity index (χ2n) is 2.55. The van der Waals surface area contributed by atoms with Crippen LogP contribution in [0.15, 0.2) is 15.6 Å². The van der Waals surface area contributed by atoms with E-state index in [-0.39, 0.29) is 0 Å². The number of halogens is 6. The molecule has 0 aliphatic heterocycles. The van der Waals surface area contributed by atoms with Crippen molar-refractivity contribution in [2.45, 2.75) is 11.4 Å². The summed E-state index contributed by atoms with van der Waals surface area (Å²) in [7, 11) is 0.166. The fraction of sp³-hybridized carbons (Fsp3) is 0.167. The summed E-state index contributed by atoms with van der Waals surface area (Å²) >= 11 is 2.51. The first-order valence-corrected chi connectivity index (χ1v) is 6.67. The molecule has 1 aromatic rings. The van der Waals surface area contributed by atoms with Crippen LogP contribution >= 0.6 is 26.6 Å². The highest BCUT2D eigenvalue weighted by Crippen LogP contribution is 2.30. The average Bonchev–Trinajstić information content (AvgIpc) is 2.06. The Morgan fingerprint density at radius 3 is 2.35 bits per heavy atom. The van der Waals surface area contributed by atoms with Crippen molar-refractivity contribution in [3.05, 3.63) is 16.4 Å². The van der Waals surface area contributed by atoms with Crippen LogP contribution in [0.1, 0.15) is 0 Å². The Morgan fingerprint density at radius 1 is 1.41 bits per heavy atom. The monoisotopic (exact) mass is 357 g/mol. The third-order valence-electron chi connectivity index (χ3n) is 1.31. The lowest BCUT2D eigenvalue weighted by Crippen LogP contribution is -2.18. The largest absolute Gasteiger partial charge is 0.574 e. The molecule has 11 heteroatoms. The van der Waals surface area contributed by atoms with Gasteiger partial charge in [0.25, 0.3) is 9.05 Å². The van der Waals surface area contributed by atoms with Gasteiger partial charge in [-0.05, 0) is 15.9 Å². The molecule has 1 rings (SSSR count). The van der Waals surface area contributed by atoms with E-state index in [9.17, 15) is 26.0 Å². The molecule has 1 aromatic heterocycles. The number of aromatic nitrogens is 1. The molecular weight excluding hydrogens is 357 g/mol. The van der Waals surface area contributed by atoms with Crippen molar-refractivity contribution in [2.24, 2.45) is 0 Å². The number of pyridine rings is 1. The third-order valence-corrected chi connectivity index (χ3v) is 3.06. The second-order valence-corrected chi connectivity index (χ2v) is 5.88. The van der Waals surface area contributed by atoms with Crippen molar-refractivity contribution in [3.8, 4) is 5.88 Å². The molecule has 0 aliphatic rings. The number of nitrogens with zero attached hydrogens (tertiary/aromatic N) is 1. The van der Waals surface area contributed by atoms with Gasteiger partial charge in [-0.25, -0.2) is 12.8 Å². The first kappa shape index (κ1) is 14.5. The van der Waals surface area contributed by atoms with Gasteiger partial charge in [0.15, 0.2) is 5.82 Å². The fourth-order valence-electron chi connectivity index (χ4n) is 0.788. The molecule has 0 fully saturated rings.